The first-order valence-corrected chi connectivity index (χ1v) is 5.80. The van der Waals surface area contributed by atoms with Crippen molar-refractivity contribution in [2.24, 2.45) is 0 Å². The number of hydrogen-bond acceptors (Lipinski definition) is 1. The Kier molecular flexibility index (Phi) is 3.46. The van der Waals surface area contributed by atoms with Crippen LogP contribution in [-0.4, -0.2) is 0 Å². The predicted octanol–water partition coefficient (Wildman–Crippen LogP) is 4.38. The van der Waals surface area contributed by atoms with E-state index in [1.807, 2.05) is 18.2 Å². The van der Waals surface area contributed by atoms with E-state index in [-0.39, 0.29) is 0 Å². The minimum atomic E-state index is 0.388. The number of benzene rings is 2. The van der Waals surface area contributed by atoms with Gasteiger partial charge in [-0.2, -0.15) is 5.26 Å². The number of nitriles is 1. The van der Waals surface area contributed by atoms with Crippen LogP contribution in [0.25, 0.3) is 11.1 Å². The average molecular weight is 242 g/mol. The van der Waals surface area contributed by atoms with E-state index in [2.05, 4.69) is 37.3 Å². The van der Waals surface area contributed by atoms with Gasteiger partial charge in [-0.3, -0.25) is 0 Å². The molecule has 0 aliphatic rings. The molecule has 0 fully saturated rings. The van der Waals surface area contributed by atoms with Crippen LogP contribution in [0.5, 0.6) is 0 Å². The number of halogens is 1. The van der Waals surface area contributed by atoms with E-state index >= 15 is 0 Å². The van der Waals surface area contributed by atoms with Crippen molar-refractivity contribution < 1.29 is 0 Å². The monoisotopic (exact) mass is 241 g/mol. The Bertz CT molecular complexity index is 564. The Morgan fingerprint density at radius 3 is 2.41 bits per heavy atom. The largest absolute Gasteiger partial charge is 0.198 e. The van der Waals surface area contributed by atoms with Gasteiger partial charge in [0.2, 0.25) is 0 Å². The summed E-state index contributed by atoms with van der Waals surface area (Å²) in [6.45, 7) is 2.06. The van der Waals surface area contributed by atoms with Gasteiger partial charge in [0.25, 0.3) is 0 Å². The first-order valence-electron chi connectivity index (χ1n) is 5.42. The molecule has 0 heterocycles. The number of rotatable bonds is 2. The van der Waals surface area contributed by atoms with E-state index in [0.717, 1.165) is 16.7 Å². The van der Waals surface area contributed by atoms with E-state index in [0.29, 0.717) is 11.4 Å². The summed E-state index contributed by atoms with van der Waals surface area (Å²) >= 11 is 6.06. The minimum absolute atomic E-state index is 0.388. The third kappa shape index (κ3) is 2.87. The van der Waals surface area contributed by atoms with Gasteiger partial charge in [-0.25, -0.2) is 0 Å². The van der Waals surface area contributed by atoms with E-state index in [9.17, 15) is 0 Å². The normalized spacial score (nSPS) is 9.94. The fourth-order valence-corrected chi connectivity index (χ4v) is 2.01. The Hall–Kier alpha value is -1.78. The van der Waals surface area contributed by atoms with Crippen molar-refractivity contribution in [2.45, 2.75) is 13.3 Å². The second-order valence-electron chi connectivity index (χ2n) is 4.05. The van der Waals surface area contributed by atoms with Gasteiger partial charge < -0.3 is 0 Å². The van der Waals surface area contributed by atoms with E-state index < -0.39 is 0 Å². The third-order valence-electron chi connectivity index (χ3n) is 2.63. The summed E-state index contributed by atoms with van der Waals surface area (Å²) in [5.74, 6) is 0. The Labute approximate surface area is 106 Å². The van der Waals surface area contributed by atoms with Crippen molar-refractivity contribution >= 4 is 11.6 Å². The predicted molar refractivity (Wildman–Crippen MR) is 70.9 cm³/mol. The molecule has 0 aliphatic carbocycles. The average Bonchev–Trinajstić information content (AvgIpc) is 2.29. The summed E-state index contributed by atoms with van der Waals surface area (Å²) in [4.78, 5) is 0. The molecule has 2 heteroatoms. The molecule has 0 radical (unpaired) electrons. The van der Waals surface area contributed by atoms with Gasteiger partial charge in [-0.05, 0) is 35.7 Å². The highest BCUT2D eigenvalue weighted by atomic mass is 35.5. The quantitative estimate of drug-likeness (QED) is 0.765. The molecule has 0 aromatic heterocycles. The topological polar surface area (TPSA) is 23.8 Å². The van der Waals surface area contributed by atoms with Crippen molar-refractivity contribution in [3.05, 3.63) is 58.6 Å². The molecular weight excluding hydrogens is 230 g/mol. The SMILES string of the molecule is Cc1ccc(-c2cc(Cl)cc(CC#N)c2)cc1. The Balaban J connectivity index is 2.45. The highest BCUT2D eigenvalue weighted by molar-refractivity contribution is 6.31. The highest BCUT2D eigenvalue weighted by Gasteiger charge is 2.02. The van der Waals surface area contributed by atoms with Gasteiger partial charge in [0, 0.05) is 5.02 Å². The van der Waals surface area contributed by atoms with Gasteiger partial charge in [0.15, 0.2) is 0 Å². The first kappa shape index (κ1) is 11.7. The standard InChI is InChI=1S/C15H12ClN/c1-11-2-4-13(5-3-11)14-8-12(6-7-17)9-15(16)10-14/h2-5,8-10H,6H2,1H3. The molecule has 84 valence electrons. The lowest BCUT2D eigenvalue weighted by Gasteiger charge is -2.05. The summed E-state index contributed by atoms with van der Waals surface area (Å²) in [5, 5.41) is 9.39. The number of hydrogen-bond donors (Lipinski definition) is 0. The van der Waals surface area contributed by atoms with Crippen molar-refractivity contribution in [1.29, 1.82) is 5.26 Å². The van der Waals surface area contributed by atoms with Crippen molar-refractivity contribution in [1.82, 2.24) is 0 Å². The van der Waals surface area contributed by atoms with Crippen LogP contribution in [0.15, 0.2) is 42.5 Å². The van der Waals surface area contributed by atoms with Crippen LogP contribution < -0.4 is 0 Å². The van der Waals surface area contributed by atoms with Gasteiger partial charge in [0.1, 0.15) is 0 Å². The summed E-state index contributed by atoms with van der Waals surface area (Å²) in [6, 6.07) is 16.2. The van der Waals surface area contributed by atoms with Crippen LogP contribution in [-0.2, 0) is 6.42 Å². The lowest BCUT2D eigenvalue weighted by molar-refractivity contribution is 1.26. The molecule has 0 amide bonds. The van der Waals surface area contributed by atoms with E-state index in [1.54, 1.807) is 0 Å². The van der Waals surface area contributed by atoms with Crippen LogP contribution in [0.4, 0.5) is 0 Å². The van der Waals surface area contributed by atoms with Crippen LogP contribution in [0.2, 0.25) is 5.02 Å². The molecule has 0 bridgehead atoms. The zero-order valence-electron chi connectivity index (χ0n) is 9.57. The van der Waals surface area contributed by atoms with Crippen molar-refractivity contribution in [2.75, 3.05) is 0 Å². The lowest BCUT2D eigenvalue weighted by Crippen LogP contribution is -1.85. The molecule has 0 spiro atoms. The molecule has 0 N–H and O–H groups in total. The fraction of sp³-hybridized carbons (Fsp3) is 0.133. The number of nitrogens with zero attached hydrogens (tertiary/aromatic N) is 1. The molecule has 0 saturated carbocycles. The molecule has 0 aliphatic heterocycles. The van der Waals surface area contributed by atoms with Crippen molar-refractivity contribution in [3.8, 4) is 17.2 Å². The highest BCUT2D eigenvalue weighted by Crippen LogP contribution is 2.25. The van der Waals surface area contributed by atoms with Crippen LogP contribution in [0.3, 0.4) is 0 Å². The summed E-state index contributed by atoms with van der Waals surface area (Å²) in [7, 11) is 0. The second-order valence-corrected chi connectivity index (χ2v) is 4.49. The number of aryl methyl sites for hydroxylation is 1. The fourth-order valence-electron chi connectivity index (χ4n) is 1.76. The Morgan fingerprint density at radius 1 is 1.06 bits per heavy atom. The minimum Gasteiger partial charge on any atom is -0.198 e. The van der Waals surface area contributed by atoms with Gasteiger partial charge in [-0.1, -0.05) is 47.5 Å². The lowest BCUT2D eigenvalue weighted by atomic mass is 10.0. The maximum Gasteiger partial charge on any atom is 0.0669 e. The van der Waals surface area contributed by atoms with Crippen LogP contribution in [0, 0.1) is 18.3 Å². The maximum atomic E-state index is 8.72. The van der Waals surface area contributed by atoms with E-state index in [1.165, 1.54) is 5.56 Å². The smallest absolute Gasteiger partial charge is 0.0669 e. The molecule has 17 heavy (non-hydrogen) atoms. The van der Waals surface area contributed by atoms with Crippen LogP contribution in [0.1, 0.15) is 11.1 Å². The van der Waals surface area contributed by atoms with Gasteiger partial charge in [0.05, 0.1) is 12.5 Å². The molecule has 2 rings (SSSR count). The molecular formula is C15H12ClN. The van der Waals surface area contributed by atoms with Crippen LogP contribution >= 0.6 is 11.6 Å². The third-order valence-corrected chi connectivity index (χ3v) is 2.84. The van der Waals surface area contributed by atoms with E-state index in [4.69, 9.17) is 16.9 Å². The summed E-state index contributed by atoms with van der Waals surface area (Å²) in [6.07, 6.45) is 0.388. The second kappa shape index (κ2) is 5.03. The summed E-state index contributed by atoms with van der Waals surface area (Å²) in [5.41, 5.74) is 4.36. The van der Waals surface area contributed by atoms with Crippen molar-refractivity contribution in [3.63, 3.8) is 0 Å². The zero-order valence-corrected chi connectivity index (χ0v) is 10.3. The van der Waals surface area contributed by atoms with Gasteiger partial charge in [-0.15, -0.1) is 0 Å². The molecule has 0 unspecified atom stereocenters. The first-order chi connectivity index (χ1) is 8.19. The molecule has 0 atom stereocenters. The van der Waals surface area contributed by atoms with Gasteiger partial charge >= 0.3 is 0 Å². The maximum absolute atomic E-state index is 8.72. The zero-order chi connectivity index (χ0) is 12.3. The molecule has 2 aromatic carbocycles. The molecule has 2 aromatic rings. The Morgan fingerprint density at radius 2 is 1.76 bits per heavy atom. The molecule has 1 nitrogen and oxygen atoms in total. The summed E-state index contributed by atoms with van der Waals surface area (Å²) < 4.78 is 0. The molecule has 0 saturated heterocycles.